The lowest BCUT2D eigenvalue weighted by molar-refractivity contribution is -0.122. The number of nitrogens with zero attached hydrogens (tertiary/aromatic N) is 2. The van der Waals surface area contributed by atoms with Gasteiger partial charge >= 0.3 is 0 Å². The van der Waals surface area contributed by atoms with E-state index in [1.54, 1.807) is 6.92 Å². The number of ether oxygens (including phenoxy) is 1. The number of carbonyl (C=O) groups is 1. The molecule has 0 aliphatic carbocycles. The number of hydrogen-bond acceptors (Lipinski definition) is 5. The summed E-state index contributed by atoms with van der Waals surface area (Å²) in [6.07, 6.45) is -0.631. The van der Waals surface area contributed by atoms with Gasteiger partial charge in [-0.3, -0.25) is 10.1 Å². The molecule has 1 heterocycles. The monoisotopic (exact) mass is 353 g/mol. The number of aryl methyl sites for hydroxylation is 2. The van der Waals surface area contributed by atoms with Crippen LogP contribution < -0.4 is 10.1 Å². The minimum atomic E-state index is -0.631. The van der Waals surface area contributed by atoms with Gasteiger partial charge in [0, 0.05) is 5.56 Å². The highest BCUT2D eigenvalue weighted by atomic mass is 32.1. The van der Waals surface area contributed by atoms with Gasteiger partial charge in [-0.05, 0) is 38.5 Å². The summed E-state index contributed by atoms with van der Waals surface area (Å²) in [5.41, 5.74) is 3.24. The van der Waals surface area contributed by atoms with Crippen LogP contribution in [0.1, 0.15) is 18.1 Å². The van der Waals surface area contributed by atoms with E-state index in [2.05, 4.69) is 15.5 Å². The van der Waals surface area contributed by atoms with Crippen molar-refractivity contribution < 1.29 is 9.53 Å². The van der Waals surface area contributed by atoms with Gasteiger partial charge in [-0.2, -0.15) is 0 Å². The Labute approximate surface area is 150 Å². The highest BCUT2D eigenvalue weighted by molar-refractivity contribution is 7.18. The van der Waals surface area contributed by atoms with E-state index >= 15 is 0 Å². The van der Waals surface area contributed by atoms with Gasteiger partial charge < -0.3 is 4.74 Å². The Hall–Kier alpha value is -2.73. The average Bonchev–Trinajstić information content (AvgIpc) is 3.04. The summed E-state index contributed by atoms with van der Waals surface area (Å²) < 4.78 is 5.68. The molecule has 25 heavy (non-hydrogen) atoms. The molecule has 0 spiro atoms. The summed E-state index contributed by atoms with van der Waals surface area (Å²) in [7, 11) is 0. The standard InChI is InChI=1S/C19H19N3O2S/c1-12-7-9-15(10-8-12)18-21-22-19(25-18)20-17(23)14(3)24-16-6-4-5-13(2)11-16/h4-11,14H,1-3H3,(H,20,22,23). The number of carbonyl (C=O) groups excluding carboxylic acids is 1. The molecule has 3 rings (SSSR count). The summed E-state index contributed by atoms with van der Waals surface area (Å²) >= 11 is 1.34. The highest BCUT2D eigenvalue weighted by Gasteiger charge is 2.17. The zero-order chi connectivity index (χ0) is 17.8. The number of amides is 1. The van der Waals surface area contributed by atoms with Crippen molar-refractivity contribution in [3.63, 3.8) is 0 Å². The molecule has 1 atom stereocenters. The summed E-state index contributed by atoms with van der Waals surface area (Å²) in [6, 6.07) is 15.6. The molecule has 128 valence electrons. The van der Waals surface area contributed by atoms with Gasteiger partial charge in [0.05, 0.1) is 0 Å². The third-order valence-electron chi connectivity index (χ3n) is 3.63. The number of nitrogens with one attached hydrogen (secondary N) is 1. The second-order valence-electron chi connectivity index (χ2n) is 5.84. The van der Waals surface area contributed by atoms with E-state index in [9.17, 15) is 4.79 Å². The second-order valence-corrected chi connectivity index (χ2v) is 6.82. The minimum absolute atomic E-state index is 0.256. The molecule has 0 fully saturated rings. The Bertz CT molecular complexity index is 874. The van der Waals surface area contributed by atoms with Gasteiger partial charge in [0.25, 0.3) is 5.91 Å². The van der Waals surface area contributed by atoms with Gasteiger partial charge in [-0.25, -0.2) is 0 Å². The topological polar surface area (TPSA) is 64.1 Å². The molecule has 1 amide bonds. The first-order valence-corrected chi connectivity index (χ1v) is 8.77. The summed E-state index contributed by atoms with van der Waals surface area (Å²) in [5.74, 6) is 0.411. The van der Waals surface area contributed by atoms with E-state index in [0.29, 0.717) is 10.9 Å². The summed E-state index contributed by atoms with van der Waals surface area (Å²) in [4.78, 5) is 12.3. The van der Waals surface area contributed by atoms with E-state index in [0.717, 1.165) is 16.1 Å². The fraction of sp³-hybridized carbons (Fsp3) is 0.211. The van der Waals surface area contributed by atoms with Crippen LogP contribution in [0.4, 0.5) is 5.13 Å². The molecule has 0 bridgehead atoms. The normalized spacial score (nSPS) is 11.8. The van der Waals surface area contributed by atoms with Crippen molar-refractivity contribution in [1.29, 1.82) is 0 Å². The van der Waals surface area contributed by atoms with Crippen LogP contribution in [-0.4, -0.2) is 22.2 Å². The molecule has 5 nitrogen and oxygen atoms in total. The molecule has 1 unspecified atom stereocenters. The number of aromatic nitrogens is 2. The van der Waals surface area contributed by atoms with Crippen LogP contribution in [0.3, 0.4) is 0 Å². The van der Waals surface area contributed by atoms with Gasteiger partial charge in [-0.15, -0.1) is 10.2 Å². The smallest absolute Gasteiger partial charge is 0.266 e. The van der Waals surface area contributed by atoms with Crippen LogP contribution in [0.5, 0.6) is 5.75 Å². The summed E-state index contributed by atoms with van der Waals surface area (Å²) in [5, 5.41) is 12.2. The van der Waals surface area contributed by atoms with Crippen LogP contribution in [-0.2, 0) is 4.79 Å². The zero-order valence-corrected chi connectivity index (χ0v) is 15.1. The van der Waals surface area contributed by atoms with Gasteiger partial charge in [0.15, 0.2) is 6.10 Å². The van der Waals surface area contributed by atoms with Crippen molar-refractivity contribution in [2.45, 2.75) is 26.9 Å². The summed E-state index contributed by atoms with van der Waals surface area (Å²) in [6.45, 7) is 5.72. The molecule has 0 radical (unpaired) electrons. The van der Waals surface area contributed by atoms with E-state index in [1.165, 1.54) is 16.9 Å². The van der Waals surface area contributed by atoms with Crippen molar-refractivity contribution in [3.8, 4) is 16.3 Å². The maximum Gasteiger partial charge on any atom is 0.266 e. The molecular formula is C19H19N3O2S. The molecule has 6 heteroatoms. The Morgan fingerprint density at radius 1 is 1.08 bits per heavy atom. The van der Waals surface area contributed by atoms with Crippen molar-refractivity contribution in [1.82, 2.24) is 10.2 Å². The van der Waals surface area contributed by atoms with Crippen LogP contribution >= 0.6 is 11.3 Å². The third kappa shape index (κ3) is 4.42. The Morgan fingerprint density at radius 2 is 1.84 bits per heavy atom. The maximum absolute atomic E-state index is 12.3. The van der Waals surface area contributed by atoms with Gasteiger partial charge in [0.1, 0.15) is 10.8 Å². The highest BCUT2D eigenvalue weighted by Crippen LogP contribution is 2.26. The number of anilines is 1. The zero-order valence-electron chi connectivity index (χ0n) is 14.3. The lowest BCUT2D eigenvalue weighted by Crippen LogP contribution is -2.30. The SMILES string of the molecule is Cc1ccc(-c2nnc(NC(=O)C(C)Oc3cccc(C)c3)s2)cc1. The maximum atomic E-state index is 12.3. The van der Waals surface area contributed by atoms with Crippen LogP contribution in [0.25, 0.3) is 10.6 Å². The van der Waals surface area contributed by atoms with Gasteiger partial charge in [0.2, 0.25) is 5.13 Å². The number of rotatable bonds is 5. The fourth-order valence-corrected chi connectivity index (χ4v) is 2.99. The lowest BCUT2D eigenvalue weighted by Gasteiger charge is -2.13. The minimum Gasteiger partial charge on any atom is -0.481 e. The van der Waals surface area contributed by atoms with Crippen LogP contribution in [0.15, 0.2) is 48.5 Å². The fourth-order valence-electron chi connectivity index (χ4n) is 2.24. The third-order valence-corrected chi connectivity index (χ3v) is 4.51. The molecule has 3 aromatic rings. The Balaban J connectivity index is 1.64. The molecule has 0 saturated carbocycles. The average molecular weight is 353 g/mol. The second kappa shape index (κ2) is 7.44. The molecular weight excluding hydrogens is 334 g/mol. The predicted octanol–water partition coefficient (Wildman–Crippen LogP) is 4.23. The number of hydrogen-bond donors (Lipinski definition) is 1. The Kier molecular flexibility index (Phi) is 5.09. The van der Waals surface area contributed by atoms with Crippen molar-refractivity contribution >= 4 is 22.4 Å². The molecule has 1 N–H and O–H groups in total. The van der Waals surface area contributed by atoms with Crippen molar-refractivity contribution in [3.05, 3.63) is 59.7 Å². The largest absolute Gasteiger partial charge is 0.481 e. The lowest BCUT2D eigenvalue weighted by atomic mass is 10.2. The number of benzene rings is 2. The molecule has 0 aliphatic heterocycles. The Morgan fingerprint density at radius 3 is 2.56 bits per heavy atom. The van der Waals surface area contributed by atoms with Crippen LogP contribution in [0, 0.1) is 13.8 Å². The van der Waals surface area contributed by atoms with E-state index in [1.807, 2.05) is 62.4 Å². The van der Waals surface area contributed by atoms with Crippen LogP contribution in [0.2, 0.25) is 0 Å². The molecule has 2 aromatic carbocycles. The molecule has 0 saturated heterocycles. The quantitative estimate of drug-likeness (QED) is 0.745. The van der Waals surface area contributed by atoms with Crippen molar-refractivity contribution in [2.75, 3.05) is 5.32 Å². The van der Waals surface area contributed by atoms with Crippen molar-refractivity contribution in [2.24, 2.45) is 0 Å². The first-order valence-electron chi connectivity index (χ1n) is 7.96. The van der Waals surface area contributed by atoms with E-state index in [-0.39, 0.29) is 5.91 Å². The predicted molar refractivity (Wildman–Crippen MR) is 100.0 cm³/mol. The van der Waals surface area contributed by atoms with E-state index in [4.69, 9.17) is 4.74 Å². The molecule has 0 aliphatic rings. The van der Waals surface area contributed by atoms with Gasteiger partial charge in [-0.1, -0.05) is 53.3 Å². The first kappa shape index (κ1) is 17.1. The van der Waals surface area contributed by atoms with E-state index < -0.39 is 6.10 Å². The molecule has 1 aromatic heterocycles. The first-order chi connectivity index (χ1) is 12.0.